The van der Waals surface area contributed by atoms with E-state index in [0.717, 1.165) is 11.3 Å². The number of ether oxygens (including phenoxy) is 1. The summed E-state index contributed by atoms with van der Waals surface area (Å²) in [5.74, 6) is 0.292. The highest BCUT2D eigenvalue weighted by molar-refractivity contribution is 5.53. The van der Waals surface area contributed by atoms with Gasteiger partial charge in [-0.25, -0.2) is 9.37 Å². The first-order valence-corrected chi connectivity index (χ1v) is 5.71. The Hall–Kier alpha value is -2.10. The maximum Gasteiger partial charge on any atom is 0.237 e. The van der Waals surface area contributed by atoms with E-state index >= 15 is 0 Å². The smallest absolute Gasteiger partial charge is 0.237 e. The molecular formula is C14H15FN2O. The van der Waals surface area contributed by atoms with Crippen molar-refractivity contribution in [2.75, 3.05) is 12.4 Å². The first-order chi connectivity index (χ1) is 8.70. The maximum atomic E-state index is 13.1. The number of hydrogen-bond donors (Lipinski definition) is 1. The lowest BCUT2D eigenvalue weighted by molar-refractivity contribution is 0.399. The quantitative estimate of drug-likeness (QED) is 0.897. The lowest BCUT2D eigenvalue weighted by Crippen LogP contribution is -2.08. The fraction of sp³-hybridized carbons (Fsp3) is 0.214. The summed E-state index contributed by atoms with van der Waals surface area (Å²) in [6.07, 6.45) is 1.66. The molecule has 0 radical (unpaired) electrons. The average molecular weight is 246 g/mol. The zero-order chi connectivity index (χ0) is 13.0. The molecule has 0 bridgehead atoms. The van der Waals surface area contributed by atoms with Crippen molar-refractivity contribution in [3.63, 3.8) is 0 Å². The molecule has 2 rings (SSSR count). The third-order valence-corrected chi connectivity index (χ3v) is 2.69. The van der Waals surface area contributed by atoms with Crippen molar-refractivity contribution in [3.8, 4) is 5.88 Å². The van der Waals surface area contributed by atoms with Crippen molar-refractivity contribution >= 4 is 5.69 Å². The molecule has 1 aromatic carbocycles. The van der Waals surface area contributed by atoms with E-state index in [1.54, 1.807) is 19.4 Å². The fourth-order valence-electron chi connectivity index (χ4n) is 1.76. The summed E-state index contributed by atoms with van der Waals surface area (Å²) in [4.78, 5) is 4.10. The van der Waals surface area contributed by atoms with E-state index in [2.05, 4.69) is 10.3 Å². The normalized spacial score (nSPS) is 11.9. The molecule has 3 nitrogen and oxygen atoms in total. The van der Waals surface area contributed by atoms with E-state index in [9.17, 15) is 4.39 Å². The van der Waals surface area contributed by atoms with Gasteiger partial charge in [-0.3, -0.25) is 0 Å². The summed E-state index contributed by atoms with van der Waals surface area (Å²) in [6, 6.07) is 10.2. The molecule has 0 aliphatic rings. The second-order valence-corrected chi connectivity index (χ2v) is 3.98. The van der Waals surface area contributed by atoms with Crippen molar-refractivity contribution in [3.05, 3.63) is 54.0 Å². The van der Waals surface area contributed by atoms with E-state index in [1.807, 2.05) is 25.1 Å². The van der Waals surface area contributed by atoms with Crippen molar-refractivity contribution < 1.29 is 9.13 Å². The minimum absolute atomic E-state index is 0.0289. The van der Waals surface area contributed by atoms with Gasteiger partial charge in [-0.2, -0.15) is 0 Å². The van der Waals surface area contributed by atoms with Gasteiger partial charge < -0.3 is 10.1 Å². The molecular weight excluding hydrogens is 231 g/mol. The summed E-state index contributed by atoms with van der Waals surface area (Å²) < 4.78 is 18.3. The zero-order valence-corrected chi connectivity index (χ0v) is 10.4. The number of aromatic nitrogens is 1. The summed E-state index contributed by atoms with van der Waals surface area (Å²) in [6.45, 7) is 1.96. The Morgan fingerprint density at radius 3 is 2.83 bits per heavy atom. The van der Waals surface area contributed by atoms with Crippen molar-refractivity contribution in [1.29, 1.82) is 0 Å². The number of rotatable bonds is 4. The average Bonchev–Trinajstić information content (AvgIpc) is 2.39. The molecule has 0 saturated carbocycles. The Labute approximate surface area is 106 Å². The van der Waals surface area contributed by atoms with Gasteiger partial charge in [0.05, 0.1) is 12.8 Å². The Morgan fingerprint density at radius 2 is 2.11 bits per heavy atom. The Bertz CT molecular complexity index is 531. The van der Waals surface area contributed by atoms with Gasteiger partial charge in [0.25, 0.3) is 0 Å². The SMILES string of the molecule is COc1ncccc1NC(C)c1cccc(F)c1. The van der Waals surface area contributed by atoms with E-state index in [1.165, 1.54) is 12.1 Å². The third kappa shape index (κ3) is 2.77. The number of anilines is 1. The molecule has 0 aliphatic heterocycles. The molecule has 1 atom stereocenters. The number of hydrogen-bond acceptors (Lipinski definition) is 3. The molecule has 0 spiro atoms. The molecule has 0 saturated heterocycles. The molecule has 4 heteroatoms. The van der Waals surface area contributed by atoms with Gasteiger partial charge in [-0.1, -0.05) is 12.1 Å². The van der Waals surface area contributed by atoms with Crippen LogP contribution in [0, 0.1) is 5.82 Å². The number of halogens is 1. The van der Waals surface area contributed by atoms with Crippen LogP contribution in [0.4, 0.5) is 10.1 Å². The van der Waals surface area contributed by atoms with Crippen LogP contribution in [-0.2, 0) is 0 Å². The molecule has 1 heterocycles. The number of nitrogens with zero attached hydrogens (tertiary/aromatic N) is 1. The van der Waals surface area contributed by atoms with Crippen LogP contribution in [0.15, 0.2) is 42.6 Å². The Kier molecular flexibility index (Phi) is 3.77. The number of methoxy groups -OCH3 is 1. The molecule has 2 aromatic rings. The number of pyridine rings is 1. The highest BCUT2D eigenvalue weighted by atomic mass is 19.1. The van der Waals surface area contributed by atoms with Crippen molar-refractivity contribution in [2.45, 2.75) is 13.0 Å². The predicted molar refractivity (Wildman–Crippen MR) is 69.2 cm³/mol. The minimum atomic E-state index is -0.237. The predicted octanol–water partition coefficient (Wildman–Crippen LogP) is 3.40. The first kappa shape index (κ1) is 12.4. The summed E-state index contributed by atoms with van der Waals surface area (Å²) in [5, 5.41) is 3.25. The molecule has 0 amide bonds. The van der Waals surface area contributed by atoms with Gasteiger partial charge in [0.15, 0.2) is 0 Å². The lowest BCUT2D eigenvalue weighted by Gasteiger charge is -2.17. The molecule has 0 fully saturated rings. The third-order valence-electron chi connectivity index (χ3n) is 2.69. The van der Waals surface area contributed by atoms with Gasteiger partial charge >= 0.3 is 0 Å². The van der Waals surface area contributed by atoms with E-state index in [0.29, 0.717) is 5.88 Å². The minimum Gasteiger partial charge on any atom is -0.480 e. The van der Waals surface area contributed by atoms with Crippen LogP contribution in [-0.4, -0.2) is 12.1 Å². The van der Waals surface area contributed by atoms with Crippen molar-refractivity contribution in [2.24, 2.45) is 0 Å². The van der Waals surface area contributed by atoms with Gasteiger partial charge in [-0.15, -0.1) is 0 Å². The molecule has 1 N–H and O–H groups in total. The van der Waals surface area contributed by atoms with Crippen molar-refractivity contribution in [1.82, 2.24) is 4.98 Å². The van der Waals surface area contributed by atoms with Gasteiger partial charge in [0, 0.05) is 12.2 Å². The van der Waals surface area contributed by atoms with Gasteiger partial charge in [-0.05, 0) is 36.8 Å². The fourth-order valence-corrected chi connectivity index (χ4v) is 1.76. The lowest BCUT2D eigenvalue weighted by atomic mass is 10.1. The number of nitrogens with one attached hydrogen (secondary N) is 1. The second kappa shape index (κ2) is 5.49. The van der Waals surface area contributed by atoms with Gasteiger partial charge in [0.1, 0.15) is 5.82 Å². The van der Waals surface area contributed by atoms with Crippen LogP contribution >= 0.6 is 0 Å². The topological polar surface area (TPSA) is 34.1 Å². The van der Waals surface area contributed by atoms with Crippen LogP contribution in [0.1, 0.15) is 18.5 Å². The Morgan fingerprint density at radius 1 is 1.28 bits per heavy atom. The maximum absolute atomic E-state index is 13.1. The molecule has 18 heavy (non-hydrogen) atoms. The molecule has 1 aromatic heterocycles. The highest BCUT2D eigenvalue weighted by Gasteiger charge is 2.09. The van der Waals surface area contributed by atoms with Crippen LogP contribution in [0.25, 0.3) is 0 Å². The largest absolute Gasteiger partial charge is 0.480 e. The monoisotopic (exact) mass is 246 g/mol. The van der Waals surface area contributed by atoms with E-state index in [-0.39, 0.29) is 11.9 Å². The Balaban J connectivity index is 2.18. The summed E-state index contributed by atoms with van der Waals surface area (Å²) >= 11 is 0. The van der Waals surface area contributed by atoms with Crippen LogP contribution in [0.5, 0.6) is 5.88 Å². The van der Waals surface area contributed by atoms with E-state index in [4.69, 9.17) is 4.74 Å². The highest BCUT2D eigenvalue weighted by Crippen LogP contribution is 2.25. The molecule has 94 valence electrons. The first-order valence-electron chi connectivity index (χ1n) is 5.71. The van der Waals surface area contributed by atoms with Gasteiger partial charge in [0.2, 0.25) is 5.88 Å². The zero-order valence-electron chi connectivity index (χ0n) is 10.4. The van der Waals surface area contributed by atoms with E-state index < -0.39 is 0 Å². The van der Waals surface area contributed by atoms with Crippen LogP contribution < -0.4 is 10.1 Å². The number of benzene rings is 1. The summed E-state index contributed by atoms with van der Waals surface area (Å²) in [7, 11) is 1.57. The second-order valence-electron chi connectivity index (χ2n) is 3.98. The molecule has 0 aliphatic carbocycles. The summed E-state index contributed by atoms with van der Waals surface area (Å²) in [5.41, 5.74) is 1.66. The standard InChI is InChI=1S/C14H15FN2O/c1-10(11-5-3-6-12(15)9-11)17-13-7-4-8-16-14(13)18-2/h3-10,17H,1-2H3. The van der Waals surface area contributed by atoms with Crippen LogP contribution in [0.3, 0.4) is 0 Å². The van der Waals surface area contributed by atoms with Crippen LogP contribution in [0.2, 0.25) is 0 Å². The molecule has 1 unspecified atom stereocenters.